The molecule has 2 aromatic carbocycles. The molecule has 4 rings (SSSR count). The maximum absolute atomic E-state index is 13.5. The predicted molar refractivity (Wildman–Crippen MR) is 117 cm³/mol. The van der Waals surface area contributed by atoms with Crippen molar-refractivity contribution in [2.45, 2.75) is 30.8 Å². The van der Waals surface area contributed by atoms with Crippen LogP contribution in [-0.2, 0) is 10.0 Å². The highest BCUT2D eigenvalue weighted by atomic mass is 35.5. The number of hydrogen-bond acceptors (Lipinski definition) is 5. The summed E-state index contributed by atoms with van der Waals surface area (Å²) in [5.41, 5.74) is 0.529. The Hall–Kier alpha value is -1.87. The van der Waals surface area contributed by atoms with Crippen molar-refractivity contribution in [3.05, 3.63) is 52.8 Å². The first kappa shape index (κ1) is 22.3. The van der Waals surface area contributed by atoms with Gasteiger partial charge in [-0.05, 0) is 68.6 Å². The number of aryl methyl sites for hydroxylation is 1. The van der Waals surface area contributed by atoms with E-state index < -0.39 is 15.8 Å². The Morgan fingerprint density at radius 2 is 1.94 bits per heavy atom. The summed E-state index contributed by atoms with van der Waals surface area (Å²) in [4.78, 5) is 2.31. The standard InChI is InChI=1S/C22H26ClFN2O4S/c1-15-2-4-18(24)11-22(15)31(27,28)25-12-16-6-8-26(9-7-16)13-19-14-29-20-5-3-17(23)10-21(20)30-19/h2-5,10-11,16,19,25H,6-9,12-14H2,1H3. The molecule has 0 aromatic heterocycles. The molecule has 1 atom stereocenters. The van der Waals surface area contributed by atoms with Crippen molar-refractivity contribution in [3.8, 4) is 11.5 Å². The summed E-state index contributed by atoms with van der Waals surface area (Å²) < 4.78 is 53.1. The summed E-state index contributed by atoms with van der Waals surface area (Å²) in [6.07, 6.45) is 1.68. The molecule has 2 aliphatic rings. The number of sulfonamides is 1. The minimum atomic E-state index is -3.73. The van der Waals surface area contributed by atoms with E-state index >= 15 is 0 Å². The molecule has 0 saturated carbocycles. The monoisotopic (exact) mass is 468 g/mol. The topological polar surface area (TPSA) is 67.9 Å². The van der Waals surface area contributed by atoms with Crippen LogP contribution >= 0.6 is 11.6 Å². The molecule has 6 nitrogen and oxygen atoms in total. The van der Waals surface area contributed by atoms with Gasteiger partial charge in [-0.25, -0.2) is 17.5 Å². The molecular weight excluding hydrogens is 443 g/mol. The average Bonchev–Trinajstić information content (AvgIpc) is 2.74. The number of nitrogens with zero attached hydrogens (tertiary/aromatic N) is 1. The number of likely N-dealkylation sites (tertiary alicyclic amines) is 1. The molecule has 2 aliphatic heterocycles. The Morgan fingerprint density at radius 3 is 2.71 bits per heavy atom. The van der Waals surface area contributed by atoms with Gasteiger partial charge in [-0.3, -0.25) is 4.90 Å². The van der Waals surface area contributed by atoms with Crippen LogP contribution in [0.5, 0.6) is 11.5 Å². The van der Waals surface area contributed by atoms with E-state index in [1.165, 1.54) is 12.1 Å². The number of hydrogen-bond donors (Lipinski definition) is 1. The SMILES string of the molecule is Cc1ccc(F)cc1S(=O)(=O)NCC1CCN(CC2COc3ccc(Cl)cc3O2)CC1. The number of rotatable bonds is 6. The third kappa shape index (κ3) is 5.49. The molecule has 1 fully saturated rings. The van der Waals surface area contributed by atoms with E-state index in [1.54, 1.807) is 19.1 Å². The van der Waals surface area contributed by atoms with Gasteiger partial charge in [0, 0.05) is 24.2 Å². The number of halogens is 2. The van der Waals surface area contributed by atoms with Crippen LogP contribution in [0.3, 0.4) is 0 Å². The zero-order chi connectivity index (χ0) is 22.0. The molecule has 0 bridgehead atoms. The lowest BCUT2D eigenvalue weighted by Crippen LogP contribution is -2.45. The predicted octanol–water partition coefficient (Wildman–Crippen LogP) is 3.62. The van der Waals surface area contributed by atoms with Crippen molar-refractivity contribution >= 4 is 21.6 Å². The molecule has 0 aliphatic carbocycles. The van der Waals surface area contributed by atoms with Crippen LogP contribution in [0, 0.1) is 18.7 Å². The van der Waals surface area contributed by atoms with Gasteiger partial charge >= 0.3 is 0 Å². The smallest absolute Gasteiger partial charge is 0.240 e. The van der Waals surface area contributed by atoms with Crippen LogP contribution in [0.4, 0.5) is 4.39 Å². The van der Waals surface area contributed by atoms with Gasteiger partial charge in [0.15, 0.2) is 11.5 Å². The molecule has 0 radical (unpaired) electrons. The Bertz CT molecular complexity index is 1040. The summed E-state index contributed by atoms with van der Waals surface area (Å²) in [6.45, 7) is 4.95. The van der Waals surface area contributed by atoms with Crippen LogP contribution in [-0.4, -0.2) is 52.2 Å². The van der Waals surface area contributed by atoms with Crippen LogP contribution < -0.4 is 14.2 Å². The highest BCUT2D eigenvalue weighted by Gasteiger charge is 2.27. The van der Waals surface area contributed by atoms with Gasteiger partial charge in [0.05, 0.1) is 4.90 Å². The van der Waals surface area contributed by atoms with Crippen LogP contribution in [0.2, 0.25) is 5.02 Å². The van der Waals surface area contributed by atoms with Gasteiger partial charge in [0.2, 0.25) is 10.0 Å². The Morgan fingerprint density at radius 1 is 1.16 bits per heavy atom. The third-order valence-electron chi connectivity index (χ3n) is 5.79. The Kier molecular flexibility index (Phi) is 6.71. The van der Waals surface area contributed by atoms with Crippen molar-refractivity contribution in [3.63, 3.8) is 0 Å². The quantitative estimate of drug-likeness (QED) is 0.701. The summed E-state index contributed by atoms with van der Waals surface area (Å²) >= 11 is 6.04. The van der Waals surface area contributed by atoms with Gasteiger partial charge < -0.3 is 9.47 Å². The van der Waals surface area contributed by atoms with Crippen molar-refractivity contribution in [1.82, 2.24) is 9.62 Å². The third-order valence-corrected chi connectivity index (χ3v) is 7.60. The minimum absolute atomic E-state index is 0.000215. The Balaban J connectivity index is 1.25. The highest BCUT2D eigenvalue weighted by Crippen LogP contribution is 2.34. The summed E-state index contributed by atoms with van der Waals surface area (Å²) in [7, 11) is -3.73. The van der Waals surface area contributed by atoms with Crippen molar-refractivity contribution in [1.29, 1.82) is 0 Å². The Labute approximate surface area is 187 Å². The molecule has 2 aromatic rings. The van der Waals surface area contributed by atoms with Gasteiger partial charge in [0.25, 0.3) is 0 Å². The number of piperidine rings is 1. The van der Waals surface area contributed by atoms with E-state index in [2.05, 4.69) is 9.62 Å². The molecule has 1 saturated heterocycles. The number of benzene rings is 2. The van der Waals surface area contributed by atoms with Gasteiger partial charge in [-0.2, -0.15) is 0 Å². The van der Waals surface area contributed by atoms with Crippen LogP contribution in [0.25, 0.3) is 0 Å². The minimum Gasteiger partial charge on any atom is -0.486 e. The fourth-order valence-electron chi connectivity index (χ4n) is 4.01. The first-order valence-electron chi connectivity index (χ1n) is 10.4. The fraction of sp³-hybridized carbons (Fsp3) is 0.455. The first-order valence-corrected chi connectivity index (χ1v) is 12.2. The van der Waals surface area contributed by atoms with E-state index in [4.69, 9.17) is 21.1 Å². The molecule has 2 heterocycles. The second-order valence-corrected chi connectivity index (χ2v) is 10.3. The number of nitrogens with one attached hydrogen (secondary N) is 1. The molecule has 31 heavy (non-hydrogen) atoms. The highest BCUT2D eigenvalue weighted by molar-refractivity contribution is 7.89. The van der Waals surface area contributed by atoms with Gasteiger partial charge in [-0.1, -0.05) is 17.7 Å². The van der Waals surface area contributed by atoms with Gasteiger partial charge in [0.1, 0.15) is 18.5 Å². The molecular formula is C22H26ClFN2O4S. The molecule has 0 spiro atoms. The zero-order valence-electron chi connectivity index (χ0n) is 17.3. The lowest BCUT2D eigenvalue weighted by atomic mass is 9.97. The van der Waals surface area contributed by atoms with E-state index in [-0.39, 0.29) is 16.9 Å². The average molecular weight is 469 g/mol. The molecule has 0 amide bonds. The van der Waals surface area contributed by atoms with E-state index in [0.717, 1.165) is 38.5 Å². The van der Waals surface area contributed by atoms with Crippen LogP contribution in [0.15, 0.2) is 41.3 Å². The lowest BCUT2D eigenvalue weighted by Gasteiger charge is -2.35. The largest absolute Gasteiger partial charge is 0.486 e. The zero-order valence-corrected chi connectivity index (χ0v) is 18.9. The van der Waals surface area contributed by atoms with Gasteiger partial charge in [-0.15, -0.1) is 0 Å². The summed E-state index contributed by atoms with van der Waals surface area (Å²) in [6, 6.07) is 9.16. The van der Waals surface area contributed by atoms with Crippen LogP contribution in [0.1, 0.15) is 18.4 Å². The van der Waals surface area contributed by atoms with Crippen molar-refractivity contribution in [2.75, 3.05) is 32.8 Å². The normalized spacial score (nSPS) is 20.0. The molecule has 1 N–H and O–H groups in total. The summed E-state index contributed by atoms with van der Waals surface area (Å²) in [5, 5.41) is 0.611. The second kappa shape index (κ2) is 9.32. The maximum atomic E-state index is 13.5. The number of ether oxygens (including phenoxy) is 2. The van der Waals surface area contributed by atoms with E-state index in [0.29, 0.717) is 35.2 Å². The maximum Gasteiger partial charge on any atom is 0.240 e. The van der Waals surface area contributed by atoms with E-state index in [1.807, 2.05) is 6.07 Å². The molecule has 168 valence electrons. The van der Waals surface area contributed by atoms with Crippen molar-refractivity contribution < 1.29 is 22.3 Å². The second-order valence-electron chi connectivity index (χ2n) is 8.15. The first-order chi connectivity index (χ1) is 14.8. The fourth-order valence-corrected chi connectivity index (χ4v) is 5.54. The lowest BCUT2D eigenvalue weighted by molar-refractivity contribution is 0.0481. The molecule has 1 unspecified atom stereocenters. The summed E-state index contributed by atoms with van der Waals surface area (Å²) in [5.74, 6) is 1.06. The number of fused-ring (bicyclic) bond motifs is 1. The van der Waals surface area contributed by atoms with Crippen molar-refractivity contribution in [2.24, 2.45) is 5.92 Å². The van der Waals surface area contributed by atoms with E-state index in [9.17, 15) is 12.8 Å². The molecule has 9 heteroatoms.